The number of hydrogen-bond donors (Lipinski definition) is 1. The van der Waals surface area contributed by atoms with Gasteiger partial charge in [0.25, 0.3) is 0 Å². The fourth-order valence-corrected chi connectivity index (χ4v) is 8.21. The Bertz CT molecular complexity index is 558. The second-order valence-corrected chi connectivity index (χ2v) is 9.39. The molecule has 5 heteroatoms. The van der Waals surface area contributed by atoms with Gasteiger partial charge in [0.1, 0.15) is 0 Å². The summed E-state index contributed by atoms with van der Waals surface area (Å²) in [6.07, 6.45) is 10.8. The largest absolute Gasteiger partial charge is 1.00 e. The van der Waals surface area contributed by atoms with Crippen LogP contribution in [0.15, 0.2) is 0 Å². The molecule has 2 aliphatic carbocycles. The number of carbonyl (C=O) groups excluding carboxylic acids is 1. The predicted octanol–water partition coefficient (Wildman–Crippen LogP) is -1.46. The van der Waals surface area contributed by atoms with E-state index in [9.17, 15) is 9.90 Å². The molecule has 0 aromatic rings. The van der Waals surface area contributed by atoms with Gasteiger partial charge in [0, 0.05) is 35.4 Å². The predicted molar refractivity (Wildman–Crippen MR) is 90.2 cm³/mol. The first kappa shape index (κ1) is 18.7. The zero-order valence-corrected chi connectivity index (χ0v) is 17.9. The van der Waals surface area contributed by atoms with Gasteiger partial charge in [0.2, 0.25) is 0 Å². The molecular weight excluding hydrogens is 323 g/mol. The Balaban J connectivity index is 0.00000157. The number of carboxylic acids is 1. The van der Waals surface area contributed by atoms with Crippen LogP contribution in [0.5, 0.6) is 0 Å². The van der Waals surface area contributed by atoms with Gasteiger partial charge in [-0.15, -0.1) is 0 Å². The molecule has 7 atom stereocenters. The monoisotopic (exact) mass is 354 g/mol. The molecule has 1 N–H and O–H groups in total. The average Bonchev–Trinajstić information content (AvgIpc) is 3.15. The number of carbonyl (C=O) groups is 1. The number of carboxylic acid groups (broad SMARTS) is 1. The minimum absolute atomic E-state index is 0. The number of fused-ring (bicyclic) bond motifs is 1. The van der Waals surface area contributed by atoms with Gasteiger partial charge in [-0.3, -0.25) is 4.90 Å². The number of hydrogen-bond acceptors (Lipinski definition) is 4. The van der Waals surface area contributed by atoms with Crippen LogP contribution in [-0.4, -0.2) is 42.1 Å². The zero-order chi connectivity index (χ0) is 16.5. The Labute approximate surface area is 173 Å². The second-order valence-electron chi connectivity index (χ2n) is 9.39. The normalized spacial score (nSPS) is 51.2. The molecule has 5 aliphatic rings. The van der Waals surface area contributed by atoms with Gasteiger partial charge >= 0.3 is 29.6 Å². The number of nitrogens with one attached hydrogen (secondary N) is 1. The molecule has 0 bridgehead atoms. The molecule has 0 radical (unpaired) electrons. The van der Waals surface area contributed by atoms with E-state index in [-0.39, 0.29) is 52.3 Å². The number of aliphatic carboxylic acids is 1. The first-order chi connectivity index (χ1) is 11.6. The van der Waals surface area contributed by atoms with Crippen LogP contribution < -0.4 is 40.0 Å². The van der Waals surface area contributed by atoms with E-state index in [1.807, 2.05) is 0 Å². The van der Waals surface area contributed by atoms with E-state index >= 15 is 0 Å². The van der Waals surface area contributed by atoms with E-state index in [1.165, 1.54) is 58.0 Å². The molecule has 5 rings (SSSR count). The van der Waals surface area contributed by atoms with Crippen LogP contribution in [0.3, 0.4) is 0 Å². The molecule has 3 aliphatic heterocycles. The van der Waals surface area contributed by atoms with Crippen molar-refractivity contribution < 1.29 is 39.5 Å². The van der Waals surface area contributed by atoms with Crippen molar-refractivity contribution >= 4 is 5.97 Å². The molecule has 5 fully saturated rings. The van der Waals surface area contributed by atoms with Crippen molar-refractivity contribution in [2.24, 2.45) is 22.7 Å². The van der Waals surface area contributed by atoms with Crippen molar-refractivity contribution in [2.45, 2.75) is 82.8 Å². The molecule has 1 spiro atoms. The summed E-state index contributed by atoms with van der Waals surface area (Å²) in [5.74, 6) is -0.386. The van der Waals surface area contributed by atoms with E-state index in [4.69, 9.17) is 0 Å². The molecule has 134 valence electrons. The number of piperidine rings is 1. The van der Waals surface area contributed by atoms with Gasteiger partial charge in [0.05, 0.1) is 0 Å². The Morgan fingerprint density at radius 1 is 1.20 bits per heavy atom. The average molecular weight is 354 g/mol. The van der Waals surface area contributed by atoms with E-state index in [2.05, 4.69) is 17.1 Å². The Hall–Kier alpha value is 0.390. The molecular formula is C20H31N2NaO2. The van der Waals surface area contributed by atoms with Crippen LogP contribution in [0.1, 0.15) is 64.7 Å². The van der Waals surface area contributed by atoms with Crippen molar-refractivity contribution in [3.63, 3.8) is 0 Å². The minimum atomic E-state index is -0.791. The van der Waals surface area contributed by atoms with Crippen LogP contribution in [0.4, 0.5) is 0 Å². The Morgan fingerprint density at radius 2 is 2.00 bits per heavy atom. The maximum Gasteiger partial charge on any atom is 1.00 e. The standard InChI is InChI=1S/C20H32N2O2.Na/c1-2-19-8-5-10-22-11-9-20(18(19)22)14-6-3-4-7-15(14)21-16(20)13(12-19)17(23)24;/h13-16,18,21H,2-12H2,1H3,(H,23,24);/q;+1/p-1/t13-,14?,15?,16-,18-,19-,20-;/m0./s1. The van der Waals surface area contributed by atoms with Gasteiger partial charge in [-0.05, 0) is 69.4 Å². The van der Waals surface area contributed by atoms with E-state index < -0.39 is 5.97 Å². The molecule has 4 nitrogen and oxygen atoms in total. The topological polar surface area (TPSA) is 55.4 Å². The fourth-order valence-electron chi connectivity index (χ4n) is 8.21. The summed E-state index contributed by atoms with van der Waals surface area (Å²) >= 11 is 0. The first-order valence-electron chi connectivity index (χ1n) is 10.3. The van der Waals surface area contributed by atoms with Crippen LogP contribution >= 0.6 is 0 Å². The zero-order valence-electron chi connectivity index (χ0n) is 15.9. The summed E-state index contributed by atoms with van der Waals surface area (Å²) in [6, 6.07) is 1.33. The molecule has 3 heterocycles. The summed E-state index contributed by atoms with van der Waals surface area (Å²) in [4.78, 5) is 14.9. The summed E-state index contributed by atoms with van der Waals surface area (Å²) in [5, 5.41) is 16.0. The SMILES string of the molecule is CC[C@]12CCCN3CC[C@@]4(C5CCCCC5N[C@H]4[C@@H](C(=O)[O-])C1)[C@@H]32.[Na+]. The quantitative estimate of drug-likeness (QED) is 0.616. The molecule has 25 heavy (non-hydrogen) atoms. The minimum Gasteiger partial charge on any atom is -0.550 e. The summed E-state index contributed by atoms with van der Waals surface area (Å²) in [7, 11) is 0. The third kappa shape index (κ3) is 2.33. The van der Waals surface area contributed by atoms with Gasteiger partial charge in [-0.2, -0.15) is 0 Å². The van der Waals surface area contributed by atoms with Crippen LogP contribution in [0.25, 0.3) is 0 Å². The smallest absolute Gasteiger partial charge is 0.550 e. The molecule has 0 aromatic carbocycles. The number of rotatable bonds is 2. The Kier molecular flexibility index (Phi) is 4.85. The molecule has 2 unspecified atom stereocenters. The summed E-state index contributed by atoms with van der Waals surface area (Å²) < 4.78 is 0. The molecule has 0 amide bonds. The Morgan fingerprint density at radius 3 is 2.76 bits per heavy atom. The van der Waals surface area contributed by atoms with E-state index in [1.54, 1.807) is 0 Å². The van der Waals surface area contributed by atoms with Crippen molar-refractivity contribution in [2.75, 3.05) is 13.1 Å². The van der Waals surface area contributed by atoms with Crippen LogP contribution in [0, 0.1) is 22.7 Å². The third-order valence-corrected chi connectivity index (χ3v) is 8.87. The number of nitrogens with zero attached hydrogens (tertiary/aromatic N) is 1. The van der Waals surface area contributed by atoms with Crippen molar-refractivity contribution in [1.82, 2.24) is 10.2 Å². The van der Waals surface area contributed by atoms with Gasteiger partial charge in [-0.1, -0.05) is 19.8 Å². The van der Waals surface area contributed by atoms with E-state index in [0.717, 1.165) is 12.8 Å². The maximum absolute atomic E-state index is 12.1. The van der Waals surface area contributed by atoms with Crippen molar-refractivity contribution in [3.05, 3.63) is 0 Å². The van der Waals surface area contributed by atoms with Gasteiger partial charge < -0.3 is 15.2 Å². The molecule has 2 saturated carbocycles. The van der Waals surface area contributed by atoms with Gasteiger partial charge in [-0.25, -0.2) is 0 Å². The third-order valence-electron chi connectivity index (χ3n) is 8.87. The van der Waals surface area contributed by atoms with Crippen LogP contribution in [0.2, 0.25) is 0 Å². The van der Waals surface area contributed by atoms with E-state index in [0.29, 0.717) is 18.0 Å². The van der Waals surface area contributed by atoms with Crippen molar-refractivity contribution in [1.29, 1.82) is 0 Å². The fraction of sp³-hybridized carbons (Fsp3) is 0.950. The summed E-state index contributed by atoms with van der Waals surface area (Å²) in [6.45, 7) is 4.73. The van der Waals surface area contributed by atoms with Crippen molar-refractivity contribution in [3.8, 4) is 0 Å². The van der Waals surface area contributed by atoms with Gasteiger partial charge in [0.15, 0.2) is 0 Å². The second kappa shape index (κ2) is 6.48. The first-order valence-corrected chi connectivity index (χ1v) is 10.3. The molecule has 0 aromatic heterocycles. The molecule has 3 saturated heterocycles. The van der Waals surface area contributed by atoms with Crippen LogP contribution in [-0.2, 0) is 4.79 Å². The maximum atomic E-state index is 12.1. The summed E-state index contributed by atoms with van der Waals surface area (Å²) in [5.41, 5.74) is 0.411.